The van der Waals surface area contributed by atoms with Crippen LogP contribution in [0.2, 0.25) is 5.02 Å². The Morgan fingerprint density at radius 1 is 1.21 bits per heavy atom. The van der Waals surface area contributed by atoms with Gasteiger partial charge in [0.1, 0.15) is 5.82 Å². The van der Waals surface area contributed by atoms with Crippen LogP contribution in [-0.2, 0) is 10.3 Å². The molecular weight excluding hydrogens is 451 g/mol. The second-order valence-electron chi connectivity index (χ2n) is 10.3. The van der Waals surface area contributed by atoms with E-state index in [4.69, 9.17) is 16.7 Å². The molecule has 180 valence electrons. The standard InChI is InChI=1S/C27H32ClFN4O/c1-16(2)17-7-6-8-19(13-17)30-26(34)24-15-20(23-11-12-33(32-23)27(3,4)5)25(31-24)18-9-10-21(28)22(29)14-18/h6-14,16,20,24-25,31H,15H2,1-5H3,(H,30,34)/t20?,24-,25-/m0/s1. The normalized spacial score (nSPS) is 20.6. The van der Waals surface area contributed by atoms with E-state index in [1.807, 2.05) is 41.2 Å². The van der Waals surface area contributed by atoms with Gasteiger partial charge >= 0.3 is 0 Å². The van der Waals surface area contributed by atoms with Gasteiger partial charge in [0, 0.05) is 23.8 Å². The van der Waals surface area contributed by atoms with Crippen molar-refractivity contribution in [2.24, 2.45) is 0 Å². The van der Waals surface area contributed by atoms with Gasteiger partial charge in [-0.05, 0) is 74.6 Å². The van der Waals surface area contributed by atoms with Crippen LogP contribution < -0.4 is 10.6 Å². The molecule has 3 aromatic rings. The molecule has 1 unspecified atom stereocenters. The summed E-state index contributed by atoms with van der Waals surface area (Å²) in [7, 11) is 0. The Balaban J connectivity index is 1.61. The van der Waals surface area contributed by atoms with Crippen molar-refractivity contribution in [1.82, 2.24) is 15.1 Å². The van der Waals surface area contributed by atoms with Crippen molar-refractivity contribution < 1.29 is 9.18 Å². The van der Waals surface area contributed by atoms with Crippen LogP contribution in [0.15, 0.2) is 54.7 Å². The van der Waals surface area contributed by atoms with Crippen molar-refractivity contribution in [2.45, 2.75) is 70.5 Å². The fourth-order valence-corrected chi connectivity index (χ4v) is 4.53. The fraction of sp³-hybridized carbons (Fsp3) is 0.407. The molecule has 1 aliphatic rings. The highest BCUT2D eigenvalue weighted by Gasteiger charge is 2.40. The molecule has 3 atom stereocenters. The zero-order valence-electron chi connectivity index (χ0n) is 20.3. The highest BCUT2D eigenvalue weighted by Crippen LogP contribution is 2.41. The molecule has 2 aromatic carbocycles. The Morgan fingerprint density at radius 3 is 2.62 bits per heavy atom. The van der Waals surface area contributed by atoms with Crippen LogP contribution in [0.4, 0.5) is 10.1 Å². The molecule has 0 aliphatic carbocycles. The van der Waals surface area contributed by atoms with Crippen LogP contribution in [0.5, 0.6) is 0 Å². The zero-order chi connectivity index (χ0) is 24.6. The molecule has 1 aromatic heterocycles. The number of nitrogens with one attached hydrogen (secondary N) is 2. The number of nitrogens with zero attached hydrogens (tertiary/aromatic N) is 2. The third-order valence-electron chi connectivity index (χ3n) is 6.39. The summed E-state index contributed by atoms with van der Waals surface area (Å²) in [6.45, 7) is 10.5. The van der Waals surface area contributed by atoms with Crippen LogP contribution in [0.3, 0.4) is 0 Å². The van der Waals surface area contributed by atoms with Gasteiger partial charge in [-0.3, -0.25) is 14.8 Å². The van der Waals surface area contributed by atoms with Crippen LogP contribution in [0.1, 0.15) is 75.7 Å². The van der Waals surface area contributed by atoms with Crippen LogP contribution in [0.25, 0.3) is 0 Å². The molecule has 34 heavy (non-hydrogen) atoms. The second-order valence-corrected chi connectivity index (χ2v) is 10.7. The predicted molar refractivity (Wildman–Crippen MR) is 135 cm³/mol. The molecule has 7 heteroatoms. The van der Waals surface area contributed by atoms with E-state index < -0.39 is 11.9 Å². The second kappa shape index (κ2) is 9.51. The summed E-state index contributed by atoms with van der Waals surface area (Å²) >= 11 is 5.92. The highest BCUT2D eigenvalue weighted by atomic mass is 35.5. The largest absolute Gasteiger partial charge is 0.325 e. The van der Waals surface area contributed by atoms with Crippen molar-refractivity contribution in [3.8, 4) is 0 Å². The lowest BCUT2D eigenvalue weighted by Gasteiger charge is -2.21. The van der Waals surface area contributed by atoms with Crippen LogP contribution >= 0.6 is 11.6 Å². The Kier molecular flexibility index (Phi) is 6.83. The summed E-state index contributed by atoms with van der Waals surface area (Å²) in [5.74, 6) is -0.314. The van der Waals surface area contributed by atoms with E-state index >= 15 is 0 Å². The summed E-state index contributed by atoms with van der Waals surface area (Å²) < 4.78 is 16.2. The number of amides is 1. The summed E-state index contributed by atoms with van der Waals surface area (Å²) in [6, 6.07) is 14.0. The minimum absolute atomic E-state index is 0.0784. The van der Waals surface area contributed by atoms with E-state index in [1.54, 1.807) is 6.07 Å². The summed E-state index contributed by atoms with van der Waals surface area (Å²) in [6.07, 6.45) is 2.51. The molecule has 0 bridgehead atoms. The number of anilines is 1. The lowest BCUT2D eigenvalue weighted by molar-refractivity contribution is -0.117. The van der Waals surface area contributed by atoms with Gasteiger partial charge in [0.25, 0.3) is 0 Å². The van der Waals surface area contributed by atoms with Crippen molar-refractivity contribution in [3.05, 3.63) is 82.4 Å². The van der Waals surface area contributed by atoms with E-state index in [1.165, 1.54) is 6.07 Å². The molecule has 2 heterocycles. The first-order valence-electron chi connectivity index (χ1n) is 11.7. The first-order chi connectivity index (χ1) is 16.0. The Hall–Kier alpha value is -2.70. The van der Waals surface area contributed by atoms with Gasteiger partial charge in [-0.25, -0.2) is 4.39 Å². The van der Waals surface area contributed by atoms with Gasteiger partial charge in [0.15, 0.2) is 0 Å². The Labute approximate surface area is 205 Å². The monoisotopic (exact) mass is 482 g/mol. The third kappa shape index (κ3) is 5.18. The van der Waals surface area contributed by atoms with Gasteiger partial charge < -0.3 is 5.32 Å². The minimum Gasteiger partial charge on any atom is -0.325 e. The maximum Gasteiger partial charge on any atom is 0.241 e. The number of carbonyl (C=O) groups excluding carboxylic acids is 1. The maximum absolute atomic E-state index is 14.3. The number of benzene rings is 2. The molecule has 2 N–H and O–H groups in total. The van der Waals surface area contributed by atoms with Crippen LogP contribution in [0, 0.1) is 5.82 Å². The van der Waals surface area contributed by atoms with E-state index in [9.17, 15) is 9.18 Å². The highest BCUT2D eigenvalue weighted by molar-refractivity contribution is 6.30. The molecule has 1 amide bonds. The smallest absolute Gasteiger partial charge is 0.241 e. The van der Waals surface area contributed by atoms with Gasteiger partial charge in [-0.2, -0.15) is 5.10 Å². The van der Waals surface area contributed by atoms with E-state index in [-0.39, 0.29) is 28.4 Å². The molecule has 0 radical (unpaired) electrons. The average molecular weight is 483 g/mol. The quantitative estimate of drug-likeness (QED) is 0.443. The molecule has 1 fully saturated rings. The lowest BCUT2D eigenvalue weighted by atomic mass is 9.90. The average Bonchev–Trinajstić information content (AvgIpc) is 3.43. The van der Waals surface area contributed by atoms with Gasteiger partial charge in [-0.1, -0.05) is 43.6 Å². The third-order valence-corrected chi connectivity index (χ3v) is 6.70. The number of halogens is 2. The van der Waals surface area contributed by atoms with Gasteiger partial charge in [0.05, 0.1) is 22.3 Å². The van der Waals surface area contributed by atoms with Crippen molar-refractivity contribution in [2.75, 3.05) is 5.32 Å². The SMILES string of the molecule is CC(C)c1cccc(NC(=O)[C@@H]2CC(c3ccn(C(C)(C)C)n3)[C@H](c3ccc(Cl)c(F)c3)N2)c1. The zero-order valence-corrected chi connectivity index (χ0v) is 21.0. The number of hydrogen-bond donors (Lipinski definition) is 2. The minimum atomic E-state index is -0.474. The number of hydrogen-bond acceptors (Lipinski definition) is 3. The predicted octanol–water partition coefficient (Wildman–Crippen LogP) is 6.38. The maximum atomic E-state index is 14.3. The summed E-state index contributed by atoms with van der Waals surface area (Å²) in [5, 5.41) is 11.4. The molecule has 0 spiro atoms. The van der Waals surface area contributed by atoms with Crippen LogP contribution in [-0.4, -0.2) is 21.7 Å². The lowest BCUT2D eigenvalue weighted by Crippen LogP contribution is -2.36. The molecule has 1 saturated heterocycles. The topological polar surface area (TPSA) is 59.0 Å². The molecule has 0 saturated carbocycles. The molecule has 4 rings (SSSR count). The summed E-state index contributed by atoms with van der Waals surface area (Å²) in [5.41, 5.74) is 3.39. The molecular formula is C27H32ClFN4O. The Morgan fingerprint density at radius 2 is 1.97 bits per heavy atom. The van der Waals surface area contributed by atoms with Gasteiger partial charge in [-0.15, -0.1) is 0 Å². The van der Waals surface area contributed by atoms with E-state index in [0.717, 1.165) is 22.5 Å². The van der Waals surface area contributed by atoms with Gasteiger partial charge in [0.2, 0.25) is 5.91 Å². The van der Waals surface area contributed by atoms with E-state index in [2.05, 4.69) is 51.3 Å². The number of carbonyl (C=O) groups is 1. The molecule has 1 aliphatic heterocycles. The Bertz CT molecular complexity index is 1180. The van der Waals surface area contributed by atoms with E-state index in [0.29, 0.717) is 12.3 Å². The van der Waals surface area contributed by atoms with Crippen molar-refractivity contribution in [1.29, 1.82) is 0 Å². The summed E-state index contributed by atoms with van der Waals surface area (Å²) in [4.78, 5) is 13.2. The first-order valence-corrected chi connectivity index (χ1v) is 12.1. The van der Waals surface area contributed by atoms with Crippen molar-refractivity contribution >= 4 is 23.2 Å². The van der Waals surface area contributed by atoms with Crippen molar-refractivity contribution in [3.63, 3.8) is 0 Å². The number of aromatic nitrogens is 2. The fourth-order valence-electron chi connectivity index (χ4n) is 4.41. The number of rotatable bonds is 5. The first kappa shape index (κ1) is 24.4. The molecule has 5 nitrogen and oxygen atoms in total.